The maximum Gasteiger partial charge on any atom is 0.238 e. The average Bonchev–Trinajstić information content (AvgIpc) is 2.97. The third-order valence-corrected chi connectivity index (χ3v) is 5.92. The highest BCUT2D eigenvalue weighted by molar-refractivity contribution is 7.88. The number of hydrogen-bond acceptors (Lipinski definition) is 5. The summed E-state index contributed by atoms with van der Waals surface area (Å²) < 4.78 is 51.0. The largest absolute Gasteiger partial charge is 0.367 e. The van der Waals surface area contributed by atoms with E-state index in [0.717, 1.165) is 6.26 Å². The minimum Gasteiger partial charge on any atom is -0.367 e. The van der Waals surface area contributed by atoms with Crippen molar-refractivity contribution < 1.29 is 17.2 Å². The highest BCUT2D eigenvalue weighted by Crippen LogP contribution is 2.26. The smallest absolute Gasteiger partial charge is 0.238 e. The van der Waals surface area contributed by atoms with Gasteiger partial charge in [-0.25, -0.2) is 26.7 Å². The van der Waals surface area contributed by atoms with E-state index in [1.54, 1.807) is 24.3 Å². The second kappa shape index (κ2) is 8.60. The Bertz CT molecular complexity index is 1110. The lowest BCUT2D eigenvalue weighted by Crippen LogP contribution is -2.39. The number of rotatable bonds is 2. The summed E-state index contributed by atoms with van der Waals surface area (Å²) in [6.45, 7) is 0.512. The van der Waals surface area contributed by atoms with Crippen molar-refractivity contribution in [2.75, 3.05) is 25.1 Å². The number of nitrogens with two attached hydrogens (primary N) is 1. The van der Waals surface area contributed by atoms with E-state index in [4.69, 9.17) is 17.3 Å². The number of halogens is 3. The summed E-state index contributed by atoms with van der Waals surface area (Å²) in [5.41, 5.74) is 7.08. The van der Waals surface area contributed by atoms with Gasteiger partial charge in [0, 0.05) is 29.7 Å². The number of piperidine rings is 1. The van der Waals surface area contributed by atoms with Gasteiger partial charge in [-0.15, -0.1) is 5.10 Å². The number of alkyl halides is 1. The fraction of sp³-hybridized carbons (Fsp3) is 0.333. The molecule has 2 N–H and O–H groups in total. The van der Waals surface area contributed by atoms with Gasteiger partial charge in [0.1, 0.15) is 11.9 Å². The van der Waals surface area contributed by atoms with Crippen LogP contribution in [0.3, 0.4) is 0 Å². The Hall–Kier alpha value is -2.30. The van der Waals surface area contributed by atoms with Crippen LogP contribution in [0.15, 0.2) is 36.5 Å². The van der Waals surface area contributed by atoms with Gasteiger partial charge in [-0.3, -0.25) is 0 Å². The molecule has 0 spiro atoms. The van der Waals surface area contributed by atoms with Gasteiger partial charge in [-0.05, 0) is 25.0 Å². The molecule has 3 aromatic rings. The number of anilines is 1. The van der Waals surface area contributed by atoms with Crippen LogP contribution in [0.1, 0.15) is 12.8 Å². The highest BCUT2D eigenvalue weighted by atomic mass is 35.5. The van der Waals surface area contributed by atoms with E-state index in [2.05, 4.69) is 10.1 Å². The Balaban J connectivity index is 0.000000188. The van der Waals surface area contributed by atoms with Crippen molar-refractivity contribution in [3.63, 3.8) is 0 Å². The molecule has 1 saturated heterocycles. The van der Waals surface area contributed by atoms with E-state index in [0.29, 0.717) is 41.2 Å². The number of aromatic nitrogens is 3. The number of fused-ring (bicyclic) bond motifs is 1. The summed E-state index contributed by atoms with van der Waals surface area (Å²) in [6.07, 6.45) is 2.74. The normalized spacial score (nSPS) is 17.7. The molecule has 0 radical (unpaired) electrons. The summed E-state index contributed by atoms with van der Waals surface area (Å²) in [6, 6.07) is 8.21. The van der Waals surface area contributed by atoms with Crippen LogP contribution in [0.2, 0.25) is 5.02 Å². The fourth-order valence-corrected chi connectivity index (χ4v) is 4.03. The minimum absolute atomic E-state index is 0.0405. The van der Waals surface area contributed by atoms with Crippen LogP contribution in [-0.4, -0.2) is 52.8 Å². The second-order valence-corrected chi connectivity index (χ2v) is 9.08. The monoisotopic (exact) mass is 443 g/mol. The number of nitrogens with zero attached hydrogens (tertiary/aromatic N) is 4. The second-order valence-electron chi connectivity index (χ2n) is 6.66. The van der Waals surface area contributed by atoms with Crippen molar-refractivity contribution in [2.24, 2.45) is 0 Å². The topological polar surface area (TPSA) is 93.6 Å². The molecular weight excluding hydrogens is 424 g/mol. The van der Waals surface area contributed by atoms with E-state index in [-0.39, 0.29) is 18.3 Å². The van der Waals surface area contributed by atoms with E-state index in [1.165, 1.54) is 21.1 Å². The lowest BCUT2D eigenvalue weighted by Gasteiger charge is -2.26. The first-order valence-corrected chi connectivity index (χ1v) is 11.0. The van der Waals surface area contributed by atoms with E-state index in [9.17, 15) is 17.2 Å². The summed E-state index contributed by atoms with van der Waals surface area (Å²) in [5.74, 6) is -0.287. The van der Waals surface area contributed by atoms with Crippen molar-refractivity contribution in [1.29, 1.82) is 0 Å². The van der Waals surface area contributed by atoms with E-state index < -0.39 is 16.2 Å². The van der Waals surface area contributed by atoms with E-state index in [1.807, 2.05) is 0 Å². The molecular formula is C18H20ClF2N5O2S. The number of benzene rings is 1. The molecule has 0 amide bonds. The zero-order valence-corrected chi connectivity index (χ0v) is 17.2. The molecule has 1 fully saturated rings. The zero-order chi connectivity index (χ0) is 21.2. The Morgan fingerprint density at radius 3 is 2.55 bits per heavy atom. The number of sulfonamides is 1. The molecule has 3 heterocycles. The summed E-state index contributed by atoms with van der Waals surface area (Å²) >= 11 is 5.81. The molecule has 11 heteroatoms. The van der Waals surface area contributed by atoms with Gasteiger partial charge in [-0.2, -0.15) is 4.31 Å². The fourth-order valence-electron chi connectivity index (χ4n) is 3.01. The molecule has 0 aliphatic carbocycles. The average molecular weight is 444 g/mol. The molecule has 7 nitrogen and oxygen atoms in total. The lowest BCUT2D eigenvalue weighted by molar-refractivity contribution is 0.203. The molecule has 1 atom stereocenters. The molecule has 1 aliphatic rings. The molecule has 1 aromatic carbocycles. The van der Waals surface area contributed by atoms with Crippen LogP contribution < -0.4 is 5.73 Å². The third kappa shape index (κ3) is 5.20. The van der Waals surface area contributed by atoms with Gasteiger partial charge < -0.3 is 5.73 Å². The number of hydrogen-bond donors (Lipinski definition) is 1. The van der Waals surface area contributed by atoms with Crippen molar-refractivity contribution in [2.45, 2.75) is 19.0 Å². The standard InChI is InChI=1S/C12H8ClFN4.C6H12FNO2S/c13-8-3-1-7(2-4-8)11-10(14)5-9-6-16-12(15)17-18(9)11;1-11(9,10)8-4-2-3-6(7)5-8/h1-6H,(H2,15,17);6H,2-5H2,1H3. The van der Waals surface area contributed by atoms with Gasteiger partial charge in [0.2, 0.25) is 16.0 Å². The van der Waals surface area contributed by atoms with Crippen LogP contribution >= 0.6 is 11.6 Å². The minimum atomic E-state index is -3.17. The Morgan fingerprint density at radius 2 is 1.97 bits per heavy atom. The predicted octanol–water partition coefficient (Wildman–Crippen LogP) is 3.15. The lowest BCUT2D eigenvalue weighted by atomic mass is 10.1. The van der Waals surface area contributed by atoms with Crippen LogP contribution in [0, 0.1) is 5.82 Å². The summed E-state index contributed by atoms with van der Waals surface area (Å²) in [7, 11) is -3.17. The van der Waals surface area contributed by atoms with E-state index >= 15 is 0 Å². The first-order valence-electron chi connectivity index (χ1n) is 8.80. The van der Waals surface area contributed by atoms with Crippen molar-refractivity contribution >= 4 is 33.1 Å². The Kier molecular flexibility index (Phi) is 6.35. The van der Waals surface area contributed by atoms with Crippen molar-refractivity contribution in [3.05, 3.63) is 47.4 Å². The van der Waals surface area contributed by atoms with Crippen LogP contribution in [-0.2, 0) is 10.0 Å². The zero-order valence-electron chi connectivity index (χ0n) is 15.6. The molecule has 4 rings (SSSR count). The van der Waals surface area contributed by atoms with Gasteiger partial charge >= 0.3 is 0 Å². The van der Waals surface area contributed by atoms with Gasteiger partial charge in [0.15, 0.2) is 5.82 Å². The maximum absolute atomic E-state index is 14.0. The first-order chi connectivity index (χ1) is 13.6. The maximum atomic E-state index is 14.0. The summed E-state index contributed by atoms with van der Waals surface area (Å²) in [5, 5.41) is 4.60. The molecule has 0 bridgehead atoms. The molecule has 0 saturated carbocycles. The third-order valence-electron chi connectivity index (χ3n) is 4.40. The van der Waals surface area contributed by atoms with Crippen molar-refractivity contribution in [3.8, 4) is 11.3 Å². The Labute approximate surface area is 172 Å². The molecule has 29 heavy (non-hydrogen) atoms. The molecule has 2 aromatic heterocycles. The Morgan fingerprint density at radius 1 is 1.28 bits per heavy atom. The molecule has 156 valence electrons. The highest BCUT2D eigenvalue weighted by Gasteiger charge is 2.25. The predicted molar refractivity (Wildman–Crippen MR) is 108 cm³/mol. The number of nitrogen functional groups attached to an aromatic ring is 1. The SMILES string of the molecule is CS(=O)(=O)N1CCCC(F)C1.Nc1ncc2cc(F)c(-c3ccc(Cl)cc3)n2n1. The summed E-state index contributed by atoms with van der Waals surface area (Å²) in [4.78, 5) is 3.83. The van der Waals surface area contributed by atoms with Gasteiger partial charge in [0.25, 0.3) is 0 Å². The van der Waals surface area contributed by atoms with Crippen molar-refractivity contribution in [1.82, 2.24) is 18.9 Å². The van der Waals surface area contributed by atoms with Gasteiger partial charge in [0.05, 0.1) is 18.0 Å². The van der Waals surface area contributed by atoms with Crippen LogP contribution in [0.4, 0.5) is 14.7 Å². The molecule has 1 unspecified atom stereocenters. The molecule has 1 aliphatic heterocycles. The van der Waals surface area contributed by atoms with Crippen LogP contribution in [0.5, 0.6) is 0 Å². The first kappa shape index (κ1) is 21.4. The van der Waals surface area contributed by atoms with Gasteiger partial charge in [-0.1, -0.05) is 23.7 Å². The van der Waals surface area contributed by atoms with Crippen LogP contribution in [0.25, 0.3) is 16.8 Å². The quantitative estimate of drug-likeness (QED) is 0.656.